The monoisotopic (exact) mass is 211 g/mol. The van der Waals surface area contributed by atoms with Crippen LogP contribution in [0, 0.1) is 5.92 Å². The summed E-state index contributed by atoms with van der Waals surface area (Å²) in [6.45, 7) is 7.56. The summed E-state index contributed by atoms with van der Waals surface area (Å²) in [7, 11) is 0. The largest absolute Gasteiger partial charge is 0.310 e. The SMILES string of the molecule is CC(C)CN[C@@H](C)c1ccccc1Cl. The standard InChI is InChI=1S/C12H18ClN/c1-9(2)8-14-10(3)11-6-4-5-7-12(11)13/h4-7,9-10,14H,8H2,1-3H3/t10-/m0/s1. The van der Waals surface area contributed by atoms with Gasteiger partial charge in [0.1, 0.15) is 0 Å². The smallest absolute Gasteiger partial charge is 0.0453 e. The van der Waals surface area contributed by atoms with Gasteiger partial charge in [-0.2, -0.15) is 0 Å². The van der Waals surface area contributed by atoms with Crippen molar-refractivity contribution >= 4 is 11.6 Å². The van der Waals surface area contributed by atoms with E-state index in [4.69, 9.17) is 11.6 Å². The zero-order valence-electron chi connectivity index (χ0n) is 9.05. The third-order valence-corrected chi connectivity index (χ3v) is 2.55. The zero-order valence-corrected chi connectivity index (χ0v) is 9.81. The summed E-state index contributed by atoms with van der Waals surface area (Å²) in [4.78, 5) is 0. The van der Waals surface area contributed by atoms with Crippen molar-refractivity contribution in [3.63, 3.8) is 0 Å². The van der Waals surface area contributed by atoms with Gasteiger partial charge in [0.2, 0.25) is 0 Å². The minimum Gasteiger partial charge on any atom is -0.310 e. The first-order chi connectivity index (χ1) is 6.61. The molecule has 1 aromatic rings. The molecule has 1 N–H and O–H groups in total. The molecule has 0 heterocycles. The Bertz CT molecular complexity index is 283. The lowest BCUT2D eigenvalue weighted by Gasteiger charge is -2.16. The molecule has 1 rings (SSSR count). The van der Waals surface area contributed by atoms with Gasteiger partial charge in [-0.3, -0.25) is 0 Å². The van der Waals surface area contributed by atoms with Crippen LogP contribution < -0.4 is 5.32 Å². The van der Waals surface area contributed by atoms with E-state index in [9.17, 15) is 0 Å². The molecule has 1 atom stereocenters. The summed E-state index contributed by atoms with van der Waals surface area (Å²) in [5, 5.41) is 4.30. The van der Waals surface area contributed by atoms with Gasteiger partial charge >= 0.3 is 0 Å². The first-order valence-electron chi connectivity index (χ1n) is 5.09. The van der Waals surface area contributed by atoms with Crippen LogP contribution in [0.1, 0.15) is 32.4 Å². The maximum atomic E-state index is 6.09. The van der Waals surface area contributed by atoms with Crippen LogP contribution in [0.3, 0.4) is 0 Å². The summed E-state index contributed by atoms with van der Waals surface area (Å²) >= 11 is 6.09. The molecular weight excluding hydrogens is 194 g/mol. The summed E-state index contributed by atoms with van der Waals surface area (Å²) in [6, 6.07) is 8.31. The summed E-state index contributed by atoms with van der Waals surface area (Å²) in [5.41, 5.74) is 1.18. The van der Waals surface area contributed by atoms with E-state index >= 15 is 0 Å². The fraction of sp³-hybridized carbons (Fsp3) is 0.500. The van der Waals surface area contributed by atoms with Gasteiger partial charge in [-0.15, -0.1) is 0 Å². The van der Waals surface area contributed by atoms with Crippen LogP contribution in [-0.2, 0) is 0 Å². The van der Waals surface area contributed by atoms with Crippen molar-refractivity contribution in [3.05, 3.63) is 34.9 Å². The second-order valence-corrected chi connectivity index (χ2v) is 4.45. The molecule has 0 aromatic heterocycles. The van der Waals surface area contributed by atoms with E-state index in [1.807, 2.05) is 18.2 Å². The highest BCUT2D eigenvalue weighted by Gasteiger charge is 2.08. The van der Waals surface area contributed by atoms with Crippen LogP contribution in [0.15, 0.2) is 24.3 Å². The molecule has 0 saturated carbocycles. The number of hydrogen-bond acceptors (Lipinski definition) is 1. The Morgan fingerprint density at radius 3 is 2.43 bits per heavy atom. The lowest BCUT2D eigenvalue weighted by atomic mass is 10.1. The predicted molar refractivity (Wildman–Crippen MR) is 62.7 cm³/mol. The molecule has 14 heavy (non-hydrogen) atoms. The highest BCUT2D eigenvalue weighted by molar-refractivity contribution is 6.31. The Hall–Kier alpha value is -0.530. The predicted octanol–water partition coefficient (Wildman–Crippen LogP) is 3.65. The molecule has 0 aliphatic carbocycles. The molecule has 0 radical (unpaired) electrons. The second-order valence-electron chi connectivity index (χ2n) is 4.05. The van der Waals surface area contributed by atoms with Crippen LogP contribution in [0.4, 0.5) is 0 Å². The van der Waals surface area contributed by atoms with E-state index in [-0.39, 0.29) is 0 Å². The fourth-order valence-electron chi connectivity index (χ4n) is 1.35. The molecule has 78 valence electrons. The number of benzene rings is 1. The molecule has 0 bridgehead atoms. The Labute approximate surface area is 91.5 Å². The first kappa shape index (κ1) is 11.5. The number of hydrogen-bond donors (Lipinski definition) is 1. The second kappa shape index (κ2) is 5.38. The van der Waals surface area contributed by atoms with Gasteiger partial charge in [-0.1, -0.05) is 43.6 Å². The molecule has 1 aromatic carbocycles. The van der Waals surface area contributed by atoms with Crippen molar-refractivity contribution in [2.75, 3.05) is 6.54 Å². The van der Waals surface area contributed by atoms with Crippen LogP contribution in [-0.4, -0.2) is 6.54 Å². The van der Waals surface area contributed by atoms with E-state index in [1.165, 1.54) is 5.56 Å². The van der Waals surface area contributed by atoms with Crippen LogP contribution >= 0.6 is 11.6 Å². The van der Waals surface area contributed by atoms with Crippen LogP contribution in [0.25, 0.3) is 0 Å². The summed E-state index contributed by atoms with van der Waals surface area (Å²) in [5.74, 6) is 0.667. The van der Waals surface area contributed by atoms with Gasteiger partial charge in [0.25, 0.3) is 0 Å². The van der Waals surface area contributed by atoms with E-state index in [2.05, 4.69) is 32.2 Å². The maximum absolute atomic E-state index is 6.09. The Morgan fingerprint density at radius 1 is 1.21 bits per heavy atom. The molecule has 0 amide bonds. The van der Waals surface area contributed by atoms with Crippen molar-refractivity contribution in [2.24, 2.45) is 5.92 Å². The summed E-state index contributed by atoms with van der Waals surface area (Å²) in [6.07, 6.45) is 0. The van der Waals surface area contributed by atoms with E-state index in [0.717, 1.165) is 11.6 Å². The molecule has 0 fully saturated rings. The number of nitrogens with one attached hydrogen (secondary N) is 1. The quantitative estimate of drug-likeness (QED) is 0.802. The van der Waals surface area contributed by atoms with Gasteiger partial charge in [-0.05, 0) is 31.0 Å². The number of rotatable bonds is 4. The molecule has 0 spiro atoms. The molecule has 2 heteroatoms. The van der Waals surface area contributed by atoms with Gasteiger partial charge in [0.05, 0.1) is 0 Å². The normalized spacial score (nSPS) is 13.2. The Kier molecular flexibility index (Phi) is 4.43. The average molecular weight is 212 g/mol. The highest BCUT2D eigenvalue weighted by Crippen LogP contribution is 2.21. The topological polar surface area (TPSA) is 12.0 Å². The van der Waals surface area contributed by atoms with Crippen molar-refractivity contribution in [1.29, 1.82) is 0 Å². The lowest BCUT2D eigenvalue weighted by Crippen LogP contribution is -2.23. The lowest BCUT2D eigenvalue weighted by molar-refractivity contribution is 0.496. The van der Waals surface area contributed by atoms with E-state index in [0.29, 0.717) is 12.0 Å². The molecule has 1 nitrogen and oxygen atoms in total. The van der Waals surface area contributed by atoms with Gasteiger partial charge in [0.15, 0.2) is 0 Å². The van der Waals surface area contributed by atoms with Crippen LogP contribution in [0.5, 0.6) is 0 Å². The number of halogens is 1. The minimum absolute atomic E-state index is 0.325. The third-order valence-electron chi connectivity index (χ3n) is 2.20. The third kappa shape index (κ3) is 3.32. The van der Waals surface area contributed by atoms with Crippen LogP contribution in [0.2, 0.25) is 5.02 Å². The fourth-order valence-corrected chi connectivity index (χ4v) is 1.65. The maximum Gasteiger partial charge on any atom is 0.0453 e. The van der Waals surface area contributed by atoms with Crippen molar-refractivity contribution in [3.8, 4) is 0 Å². The molecule has 0 unspecified atom stereocenters. The molecule has 0 aliphatic heterocycles. The van der Waals surface area contributed by atoms with Crippen molar-refractivity contribution in [2.45, 2.75) is 26.8 Å². The van der Waals surface area contributed by atoms with Crippen molar-refractivity contribution in [1.82, 2.24) is 5.32 Å². The molecular formula is C12H18ClN. The van der Waals surface area contributed by atoms with E-state index in [1.54, 1.807) is 0 Å². The zero-order chi connectivity index (χ0) is 10.6. The summed E-state index contributed by atoms with van der Waals surface area (Å²) < 4.78 is 0. The van der Waals surface area contributed by atoms with Gasteiger partial charge in [0, 0.05) is 11.1 Å². The van der Waals surface area contributed by atoms with Gasteiger partial charge < -0.3 is 5.32 Å². The van der Waals surface area contributed by atoms with Gasteiger partial charge in [-0.25, -0.2) is 0 Å². The average Bonchev–Trinajstić information content (AvgIpc) is 2.15. The minimum atomic E-state index is 0.325. The first-order valence-corrected chi connectivity index (χ1v) is 5.47. The van der Waals surface area contributed by atoms with Crippen molar-refractivity contribution < 1.29 is 0 Å². The highest BCUT2D eigenvalue weighted by atomic mass is 35.5. The Morgan fingerprint density at radius 2 is 1.86 bits per heavy atom. The molecule has 0 saturated heterocycles. The molecule has 0 aliphatic rings. The van der Waals surface area contributed by atoms with E-state index < -0.39 is 0 Å². The Balaban J connectivity index is 2.60.